The summed E-state index contributed by atoms with van der Waals surface area (Å²) in [6, 6.07) is 7.00. The number of nitrogens with zero attached hydrogens (tertiary/aromatic N) is 4. The highest BCUT2D eigenvalue weighted by atomic mass is 32.2. The Morgan fingerprint density at radius 1 is 1.20 bits per heavy atom. The molecular formula is C19H25N7O3S. The lowest BCUT2D eigenvalue weighted by Crippen LogP contribution is -2.28. The van der Waals surface area contributed by atoms with Gasteiger partial charge in [-0.25, -0.2) is 13.2 Å². The van der Waals surface area contributed by atoms with Gasteiger partial charge in [-0.2, -0.15) is 19.6 Å². The van der Waals surface area contributed by atoms with Crippen LogP contribution in [0, 0.1) is 0 Å². The fourth-order valence-corrected chi connectivity index (χ4v) is 3.36. The molecule has 0 radical (unpaired) electrons. The molecule has 0 aliphatic heterocycles. The third-order valence-corrected chi connectivity index (χ3v) is 5.21. The second kappa shape index (κ2) is 8.66. The highest BCUT2D eigenvalue weighted by molar-refractivity contribution is 7.90. The van der Waals surface area contributed by atoms with E-state index < -0.39 is 9.84 Å². The highest BCUT2D eigenvalue weighted by Gasteiger charge is 2.20. The molecule has 0 spiro atoms. The van der Waals surface area contributed by atoms with Gasteiger partial charge in [-0.15, -0.1) is 0 Å². The number of nitrogens with one attached hydrogen (secondary N) is 3. The molecule has 0 aliphatic carbocycles. The van der Waals surface area contributed by atoms with Gasteiger partial charge < -0.3 is 16.0 Å². The summed E-state index contributed by atoms with van der Waals surface area (Å²) in [5.41, 5.74) is 2.70. The maximum atomic E-state index is 12.1. The minimum absolute atomic E-state index is 0.111. The number of benzene rings is 1. The van der Waals surface area contributed by atoms with Crippen LogP contribution in [0.3, 0.4) is 0 Å². The molecule has 11 heteroatoms. The highest BCUT2D eigenvalue weighted by Crippen LogP contribution is 2.23. The normalized spacial score (nSPS) is 11.6. The summed E-state index contributed by atoms with van der Waals surface area (Å²) in [5.74, 6) is 0.361. The topological polar surface area (TPSA) is 130 Å². The number of amides is 2. The van der Waals surface area contributed by atoms with E-state index in [1.807, 2.05) is 39.0 Å². The Bertz CT molecular complexity index is 1170. The van der Waals surface area contributed by atoms with Crippen LogP contribution in [0.15, 0.2) is 35.6 Å². The second-order valence-corrected chi connectivity index (χ2v) is 9.00. The summed E-state index contributed by atoms with van der Waals surface area (Å²) >= 11 is 0. The van der Waals surface area contributed by atoms with Crippen LogP contribution in [-0.2, 0) is 16.4 Å². The molecule has 0 fully saturated rings. The summed E-state index contributed by atoms with van der Waals surface area (Å²) in [5, 5.41) is 12.7. The van der Waals surface area contributed by atoms with E-state index in [0.29, 0.717) is 17.9 Å². The smallest absolute Gasteiger partial charge is 0.319 e. The molecule has 2 amide bonds. The standard InChI is InChI=1S/C19H25N7O3S/c1-5-20-18(27)23-15-9-7-6-8-13(15)10-21-17-25-19(30(4,28)29)24-16-14(12(2)3)11-22-26(16)17/h6-9,11-12H,5,10H2,1-4H3,(H2,20,23,27)(H,21,24,25). The molecule has 0 saturated heterocycles. The number of sulfone groups is 1. The molecule has 0 unspecified atom stereocenters. The number of anilines is 2. The number of carbonyl (C=O) groups is 1. The van der Waals surface area contributed by atoms with Crippen molar-refractivity contribution in [2.24, 2.45) is 0 Å². The third-order valence-electron chi connectivity index (χ3n) is 4.37. The third kappa shape index (κ3) is 4.67. The van der Waals surface area contributed by atoms with Crippen molar-refractivity contribution in [3.63, 3.8) is 0 Å². The molecule has 10 nitrogen and oxygen atoms in total. The van der Waals surface area contributed by atoms with Crippen molar-refractivity contribution in [3.8, 4) is 0 Å². The molecule has 2 aromatic heterocycles. The molecule has 3 N–H and O–H groups in total. The van der Waals surface area contributed by atoms with Gasteiger partial charge in [-0.1, -0.05) is 32.0 Å². The number of hydrogen-bond acceptors (Lipinski definition) is 7. The summed E-state index contributed by atoms with van der Waals surface area (Å²) in [7, 11) is -3.62. The first-order chi connectivity index (χ1) is 14.2. The quantitative estimate of drug-likeness (QED) is 0.523. The minimum Gasteiger partial charge on any atom is -0.350 e. The molecule has 0 saturated carbocycles. The van der Waals surface area contributed by atoms with Gasteiger partial charge in [0.05, 0.1) is 6.20 Å². The van der Waals surface area contributed by atoms with E-state index in [-0.39, 0.29) is 29.6 Å². The van der Waals surface area contributed by atoms with Crippen LogP contribution in [0.1, 0.15) is 37.8 Å². The Labute approximate surface area is 175 Å². The van der Waals surface area contributed by atoms with E-state index in [1.165, 1.54) is 4.52 Å². The number of carbonyl (C=O) groups excluding carboxylic acids is 1. The van der Waals surface area contributed by atoms with E-state index in [2.05, 4.69) is 31.0 Å². The predicted octanol–water partition coefficient (Wildman–Crippen LogP) is 2.40. The van der Waals surface area contributed by atoms with E-state index >= 15 is 0 Å². The first kappa shape index (κ1) is 21.5. The molecule has 0 bridgehead atoms. The maximum absolute atomic E-state index is 12.1. The monoisotopic (exact) mass is 431 g/mol. The molecule has 160 valence electrons. The van der Waals surface area contributed by atoms with Crippen molar-refractivity contribution in [1.29, 1.82) is 0 Å². The number of hydrogen-bond donors (Lipinski definition) is 3. The Hall–Kier alpha value is -3.21. The van der Waals surface area contributed by atoms with Crippen molar-refractivity contribution < 1.29 is 13.2 Å². The Morgan fingerprint density at radius 2 is 1.93 bits per heavy atom. The summed E-state index contributed by atoms with van der Waals surface area (Å²) in [6.07, 6.45) is 2.73. The van der Waals surface area contributed by atoms with Gasteiger partial charge in [-0.05, 0) is 24.5 Å². The molecule has 3 rings (SSSR count). The van der Waals surface area contributed by atoms with Gasteiger partial charge in [0.25, 0.3) is 5.16 Å². The van der Waals surface area contributed by atoms with Crippen LogP contribution in [0.5, 0.6) is 0 Å². The molecule has 2 heterocycles. The number of aromatic nitrogens is 4. The average molecular weight is 432 g/mol. The van der Waals surface area contributed by atoms with Gasteiger partial charge in [0.2, 0.25) is 15.8 Å². The number of fused-ring (bicyclic) bond motifs is 1. The SMILES string of the molecule is CCNC(=O)Nc1ccccc1CNc1nc(S(C)(=O)=O)nc2c(C(C)C)cnn12. The van der Waals surface area contributed by atoms with Crippen molar-refractivity contribution >= 4 is 33.2 Å². The number of rotatable bonds is 7. The molecule has 1 aromatic carbocycles. The van der Waals surface area contributed by atoms with Crippen LogP contribution in [0.25, 0.3) is 5.65 Å². The van der Waals surface area contributed by atoms with Crippen molar-refractivity contribution in [3.05, 3.63) is 41.6 Å². The van der Waals surface area contributed by atoms with Crippen LogP contribution in [0.2, 0.25) is 0 Å². The van der Waals surface area contributed by atoms with Gasteiger partial charge in [0, 0.05) is 30.6 Å². The van der Waals surface area contributed by atoms with Crippen molar-refractivity contribution in [2.45, 2.75) is 38.4 Å². The van der Waals surface area contributed by atoms with Crippen molar-refractivity contribution in [1.82, 2.24) is 24.9 Å². The van der Waals surface area contributed by atoms with Gasteiger partial charge in [-0.3, -0.25) is 0 Å². The lowest BCUT2D eigenvalue weighted by molar-refractivity contribution is 0.252. The summed E-state index contributed by atoms with van der Waals surface area (Å²) in [6.45, 7) is 6.60. The van der Waals surface area contributed by atoms with Crippen molar-refractivity contribution in [2.75, 3.05) is 23.4 Å². The van der Waals surface area contributed by atoms with E-state index in [1.54, 1.807) is 12.3 Å². The first-order valence-electron chi connectivity index (χ1n) is 9.53. The molecule has 0 aliphatic rings. The second-order valence-electron chi connectivity index (χ2n) is 7.09. The molecule has 3 aromatic rings. The van der Waals surface area contributed by atoms with Gasteiger partial charge >= 0.3 is 6.03 Å². The van der Waals surface area contributed by atoms with Gasteiger partial charge in [0.1, 0.15) is 0 Å². The summed E-state index contributed by atoms with van der Waals surface area (Å²) < 4.78 is 25.7. The van der Waals surface area contributed by atoms with Crippen LogP contribution in [0.4, 0.5) is 16.4 Å². The lowest BCUT2D eigenvalue weighted by atomic mass is 10.1. The zero-order valence-electron chi connectivity index (χ0n) is 17.3. The van der Waals surface area contributed by atoms with Crippen LogP contribution >= 0.6 is 0 Å². The number of urea groups is 1. The lowest BCUT2D eigenvalue weighted by Gasteiger charge is -2.13. The molecular weight excluding hydrogens is 406 g/mol. The molecule has 0 atom stereocenters. The fourth-order valence-electron chi connectivity index (χ4n) is 2.86. The molecule has 30 heavy (non-hydrogen) atoms. The zero-order valence-corrected chi connectivity index (χ0v) is 18.1. The Kier molecular flexibility index (Phi) is 6.20. The maximum Gasteiger partial charge on any atom is 0.319 e. The van der Waals surface area contributed by atoms with Crippen LogP contribution in [-0.4, -0.2) is 46.8 Å². The number of para-hydroxylation sites is 1. The predicted molar refractivity (Wildman–Crippen MR) is 114 cm³/mol. The van der Waals surface area contributed by atoms with Crippen LogP contribution < -0.4 is 16.0 Å². The Balaban J connectivity index is 1.96. The summed E-state index contributed by atoms with van der Waals surface area (Å²) in [4.78, 5) is 20.3. The largest absolute Gasteiger partial charge is 0.350 e. The van der Waals surface area contributed by atoms with E-state index in [4.69, 9.17) is 0 Å². The zero-order chi connectivity index (χ0) is 21.9. The first-order valence-corrected chi connectivity index (χ1v) is 11.4. The van der Waals surface area contributed by atoms with E-state index in [0.717, 1.165) is 17.4 Å². The minimum atomic E-state index is -3.62. The van der Waals surface area contributed by atoms with Gasteiger partial charge in [0.15, 0.2) is 5.65 Å². The average Bonchev–Trinajstić information content (AvgIpc) is 3.11. The van der Waals surface area contributed by atoms with E-state index in [9.17, 15) is 13.2 Å². The Morgan fingerprint density at radius 3 is 2.60 bits per heavy atom. The fraction of sp³-hybridized carbons (Fsp3) is 0.368.